The zero-order valence-corrected chi connectivity index (χ0v) is 7.08. The third-order valence-electron chi connectivity index (χ3n) is 1.71. The molecule has 60 valence electrons. The van der Waals surface area contributed by atoms with E-state index >= 15 is 0 Å². The second kappa shape index (κ2) is 2.95. The van der Waals surface area contributed by atoms with Crippen molar-refractivity contribution in [2.75, 3.05) is 0 Å². The maximum Gasteiger partial charge on any atom is 0.0748 e. The average Bonchev–Trinajstić information content (AvgIpc) is 2.50. The summed E-state index contributed by atoms with van der Waals surface area (Å²) < 4.78 is 1.22. The van der Waals surface area contributed by atoms with E-state index in [1.165, 1.54) is 10.9 Å². The molecule has 2 nitrogen and oxygen atoms in total. The highest BCUT2D eigenvalue weighted by Crippen LogP contribution is 2.23. The SMILES string of the molecule is O/N=C\c1csc2ccccc12. The van der Waals surface area contributed by atoms with Crippen molar-refractivity contribution in [2.24, 2.45) is 5.16 Å². The van der Waals surface area contributed by atoms with E-state index in [-0.39, 0.29) is 0 Å². The number of fused-ring (bicyclic) bond motifs is 1. The van der Waals surface area contributed by atoms with Crippen LogP contribution in [0.4, 0.5) is 0 Å². The van der Waals surface area contributed by atoms with Gasteiger partial charge in [0, 0.05) is 21.0 Å². The smallest absolute Gasteiger partial charge is 0.0748 e. The van der Waals surface area contributed by atoms with E-state index in [0.717, 1.165) is 10.9 Å². The molecule has 0 spiro atoms. The van der Waals surface area contributed by atoms with E-state index in [1.807, 2.05) is 23.6 Å². The summed E-state index contributed by atoms with van der Waals surface area (Å²) in [6.45, 7) is 0. The van der Waals surface area contributed by atoms with Crippen LogP contribution in [-0.4, -0.2) is 11.4 Å². The molecule has 1 N–H and O–H groups in total. The van der Waals surface area contributed by atoms with Crippen molar-refractivity contribution in [1.29, 1.82) is 0 Å². The lowest BCUT2D eigenvalue weighted by Gasteiger charge is -1.87. The van der Waals surface area contributed by atoms with Gasteiger partial charge in [0.05, 0.1) is 6.21 Å². The highest BCUT2D eigenvalue weighted by atomic mass is 32.1. The van der Waals surface area contributed by atoms with Crippen molar-refractivity contribution < 1.29 is 5.21 Å². The van der Waals surface area contributed by atoms with Crippen molar-refractivity contribution in [3.8, 4) is 0 Å². The summed E-state index contributed by atoms with van der Waals surface area (Å²) in [6.07, 6.45) is 1.46. The number of oxime groups is 1. The van der Waals surface area contributed by atoms with E-state index in [2.05, 4.69) is 11.2 Å². The highest BCUT2D eigenvalue weighted by Gasteiger charge is 1.99. The largest absolute Gasteiger partial charge is 0.411 e. The van der Waals surface area contributed by atoms with E-state index in [1.54, 1.807) is 11.3 Å². The third-order valence-corrected chi connectivity index (χ3v) is 2.69. The number of hydrogen-bond donors (Lipinski definition) is 1. The number of nitrogens with zero attached hydrogens (tertiary/aromatic N) is 1. The first kappa shape index (κ1) is 7.31. The average molecular weight is 177 g/mol. The molecule has 12 heavy (non-hydrogen) atoms. The lowest BCUT2D eigenvalue weighted by atomic mass is 10.2. The van der Waals surface area contributed by atoms with Crippen molar-refractivity contribution in [1.82, 2.24) is 0 Å². The summed E-state index contributed by atoms with van der Waals surface area (Å²) in [5, 5.41) is 14.5. The van der Waals surface area contributed by atoms with Gasteiger partial charge < -0.3 is 5.21 Å². The van der Waals surface area contributed by atoms with Crippen molar-refractivity contribution in [3.05, 3.63) is 35.2 Å². The van der Waals surface area contributed by atoms with E-state index in [9.17, 15) is 0 Å². The Morgan fingerprint density at radius 3 is 3.00 bits per heavy atom. The Labute approximate surface area is 73.8 Å². The highest BCUT2D eigenvalue weighted by molar-refractivity contribution is 7.17. The zero-order chi connectivity index (χ0) is 8.39. The van der Waals surface area contributed by atoms with Gasteiger partial charge in [-0.25, -0.2) is 0 Å². The summed E-state index contributed by atoms with van der Waals surface area (Å²) in [5.41, 5.74) is 0.970. The van der Waals surface area contributed by atoms with Crippen LogP contribution in [0.5, 0.6) is 0 Å². The van der Waals surface area contributed by atoms with Crippen LogP contribution < -0.4 is 0 Å². The van der Waals surface area contributed by atoms with Crippen molar-refractivity contribution >= 4 is 27.6 Å². The van der Waals surface area contributed by atoms with E-state index in [4.69, 9.17) is 5.21 Å². The molecule has 0 radical (unpaired) electrons. The summed E-state index contributed by atoms with van der Waals surface area (Å²) in [4.78, 5) is 0. The van der Waals surface area contributed by atoms with Gasteiger partial charge in [-0.1, -0.05) is 23.4 Å². The van der Waals surface area contributed by atoms with Gasteiger partial charge in [0.25, 0.3) is 0 Å². The lowest BCUT2D eigenvalue weighted by molar-refractivity contribution is 0.322. The van der Waals surface area contributed by atoms with Gasteiger partial charge in [-0.15, -0.1) is 11.3 Å². The minimum Gasteiger partial charge on any atom is -0.411 e. The molecule has 0 saturated carbocycles. The monoisotopic (exact) mass is 177 g/mol. The Hall–Kier alpha value is -1.35. The predicted octanol–water partition coefficient (Wildman–Crippen LogP) is 2.71. The fraction of sp³-hybridized carbons (Fsp3) is 0. The molecule has 0 unspecified atom stereocenters. The summed E-state index contributed by atoms with van der Waals surface area (Å²) in [5.74, 6) is 0. The Kier molecular flexibility index (Phi) is 1.80. The van der Waals surface area contributed by atoms with Crippen LogP contribution in [0.25, 0.3) is 10.1 Å². The summed E-state index contributed by atoms with van der Waals surface area (Å²) >= 11 is 1.65. The first-order valence-electron chi connectivity index (χ1n) is 3.55. The number of thiophene rings is 1. The molecule has 1 heterocycles. The zero-order valence-electron chi connectivity index (χ0n) is 6.27. The molecule has 0 bridgehead atoms. The minimum atomic E-state index is 0.970. The predicted molar refractivity (Wildman–Crippen MR) is 51.2 cm³/mol. The van der Waals surface area contributed by atoms with Crippen LogP contribution >= 0.6 is 11.3 Å². The molecule has 1 aromatic carbocycles. The molecule has 0 amide bonds. The van der Waals surface area contributed by atoms with Crippen LogP contribution in [0.2, 0.25) is 0 Å². The summed E-state index contributed by atoms with van der Waals surface area (Å²) in [6, 6.07) is 8.04. The number of rotatable bonds is 1. The molecular formula is C9H7NOS. The first-order chi connectivity index (χ1) is 5.92. The first-order valence-corrected chi connectivity index (χ1v) is 4.43. The molecule has 2 aromatic rings. The third kappa shape index (κ3) is 1.08. The fourth-order valence-corrected chi connectivity index (χ4v) is 2.07. The molecule has 0 aliphatic carbocycles. The molecule has 0 saturated heterocycles. The number of hydrogen-bond acceptors (Lipinski definition) is 3. The molecule has 0 aliphatic rings. The Morgan fingerprint density at radius 2 is 2.17 bits per heavy atom. The van der Waals surface area contributed by atoms with Crippen molar-refractivity contribution in [2.45, 2.75) is 0 Å². The van der Waals surface area contributed by atoms with Crippen molar-refractivity contribution in [3.63, 3.8) is 0 Å². The molecule has 0 fully saturated rings. The van der Waals surface area contributed by atoms with Gasteiger partial charge >= 0.3 is 0 Å². The normalized spacial score (nSPS) is 11.3. The molecule has 1 aromatic heterocycles. The molecule has 3 heteroatoms. The second-order valence-electron chi connectivity index (χ2n) is 2.43. The second-order valence-corrected chi connectivity index (χ2v) is 3.34. The maximum atomic E-state index is 8.37. The fourth-order valence-electron chi connectivity index (χ4n) is 1.16. The van der Waals surface area contributed by atoms with Crippen LogP contribution in [0, 0.1) is 0 Å². The topological polar surface area (TPSA) is 32.6 Å². The van der Waals surface area contributed by atoms with Gasteiger partial charge in [-0.3, -0.25) is 0 Å². The number of benzene rings is 1. The molecule has 2 rings (SSSR count). The van der Waals surface area contributed by atoms with E-state index in [0.29, 0.717) is 0 Å². The van der Waals surface area contributed by atoms with Crippen LogP contribution in [0.1, 0.15) is 5.56 Å². The molecule has 0 aliphatic heterocycles. The van der Waals surface area contributed by atoms with Gasteiger partial charge in [0.2, 0.25) is 0 Å². The van der Waals surface area contributed by atoms with Crippen LogP contribution in [0.3, 0.4) is 0 Å². The molecule has 0 atom stereocenters. The van der Waals surface area contributed by atoms with Crippen LogP contribution in [-0.2, 0) is 0 Å². The van der Waals surface area contributed by atoms with Gasteiger partial charge in [-0.05, 0) is 6.07 Å². The Balaban J connectivity index is 2.70. The van der Waals surface area contributed by atoms with E-state index < -0.39 is 0 Å². The van der Waals surface area contributed by atoms with Gasteiger partial charge in [0.15, 0.2) is 0 Å². The minimum absolute atomic E-state index is 0.970. The van der Waals surface area contributed by atoms with Gasteiger partial charge in [-0.2, -0.15) is 0 Å². The van der Waals surface area contributed by atoms with Gasteiger partial charge in [0.1, 0.15) is 0 Å². The maximum absolute atomic E-state index is 8.37. The lowest BCUT2D eigenvalue weighted by Crippen LogP contribution is -1.75. The summed E-state index contributed by atoms with van der Waals surface area (Å²) in [7, 11) is 0. The quantitative estimate of drug-likeness (QED) is 0.405. The molecular weight excluding hydrogens is 170 g/mol. The Bertz CT molecular complexity index is 419. The standard InChI is InChI=1S/C9H7NOS/c11-10-5-7-6-12-9-4-2-1-3-8(7)9/h1-6,11H/b10-5-. The van der Waals surface area contributed by atoms with Crippen LogP contribution in [0.15, 0.2) is 34.8 Å². The Morgan fingerprint density at radius 1 is 1.33 bits per heavy atom.